The van der Waals surface area contributed by atoms with Crippen LogP contribution in [0.4, 0.5) is 4.39 Å². The molecule has 0 amide bonds. The topological polar surface area (TPSA) is 38.8 Å². The van der Waals surface area contributed by atoms with Crippen molar-refractivity contribution in [3.05, 3.63) is 99.0 Å². The highest BCUT2D eigenvalue weighted by atomic mass is 35.5. The van der Waals surface area contributed by atoms with E-state index in [1.807, 2.05) is 25.1 Å². The Labute approximate surface area is 190 Å². The fraction of sp³-hybridized carbons (Fsp3) is 0.192. The summed E-state index contributed by atoms with van der Waals surface area (Å²) in [7, 11) is 0. The van der Waals surface area contributed by atoms with Gasteiger partial charge in [0.1, 0.15) is 24.0 Å². The molecule has 2 aliphatic heterocycles. The van der Waals surface area contributed by atoms with E-state index in [4.69, 9.17) is 21.1 Å². The molecule has 4 nitrogen and oxygen atoms in total. The van der Waals surface area contributed by atoms with Crippen molar-refractivity contribution in [2.75, 3.05) is 13.3 Å². The normalized spacial score (nSPS) is 16.5. The van der Waals surface area contributed by atoms with Crippen molar-refractivity contribution in [3.63, 3.8) is 0 Å². The first kappa shape index (κ1) is 20.7. The van der Waals surface area contributed by atoms with Crippen molar-refractivity contribution in [1.29, 1.82) is 0 Å². The third kappa shape index (κ3) is 4.01. The molecule has 2 aliphatic rings. The number of rotatable bonds is 4. The van der Waals surface area contributed by atoms with E-state index < -0.39 is 0 Å². The lowest BCUT2D eigenvalue weighted by molar-refractivity contribution is 0.0949. The van der Waals surface area contributed by atoms with E-state index in [9.17, 15) is 9.18 Å². The Balaban J connectivity index is 1.39. The predicted octanol–water partition coefficient (Wildman–Crippen LogP) is 5.80. The van der Waals surface area contributed by atoms with Crippen LogP contribution < -0.4 is 9.47 Å². The van der Waals surface area contributed by atoms with Crippen molar-refractivity contribution in [2.24, 2.45) is 0 Å². The van der Waals surface area contributed by atoms with Crippen LogP contribution >= 0.6 is 11.6 Å². The van der Waals surface area contributed by atoms with Crippen LogP contribution in [0, 0.1) is 12.7 Å². The molecule has 0 saturated carbocycles. The first-order valence-electron chi connectivity index (χ1n) is 10.4. The average molecular weight is 450 g/mol. The number of nitrogens with zero attached hydrogens (tertiary/aromatic N) is 1. The van der Waals surface area contributed by atoms with Gasteiger partial charge in [-0.05, 0) is 66.4 Å². The van der Waals surface area contributed by atoms with Crippen LogP contribution in [-0.2, 0) is 13.0 Å². The molecule has 6 heteroatoms. The SMILES string of the molecule is Cc1cc2c(c3c1C(=O)/C(=C\c1ccc(Cl)cc1)O3)CN(CCc1ccc(F)cc1)CO2. The number of ether oxygens (including phenoxy) is 2. The highest BCUT2D eigenvalue weighted by Gasteiger charge is 2.35. The molecule has 2 heterocycles. The molecule has 32 heavy (non-hydrogen) atoms. The number of aryl methyl sites for hydroxylation is 1. The number of Topliss-reactive ketones (excluding diaryl/α,β-unsaturated/α-hetero) is 1. The summed E-state index contributed by atoms with van der Waals surface area (Å²) < 4.78 is 25.2. The summed E-state index contributed by atoms with van der Waals surface area (Å²) in [5.41, 5.74) is 4.21. The molecule has 0 unspecified atom stereocenters. The molecule has 5 rings (SSSR count). The van der Waals surface area contributed by atoms with E-state index in [-0.39, 0.29) is 11.6 Å². The summed E-state index contributed by atoms with van der Waals surface area (Å²) in [5.74, 6) is 1.26. The summed E-state index contributed by atoms with van der Waals surface area (Å²) >= 11 is 5.96. The molecule has 0 fully saturated rings. The molecule has 0 spiro atoms. The zero-order valence-corrected chi connectivity index (χ0v) is 18.3. The van der Waals surface area contributed by atoms with Gasteiger partial charge in [0.05, 0.1) is 11.1 Å². The standard InChI is InChI=1S/C26H21ClFNO3/c1-16-12-22-21(14-29(15-31-22)11-10-17-4-8-20(28)9-5-17)26-24(16)25(30)23(32-26)13-18-2-6-19(27)7-3-18/h2-9,12-13H,10-11,14-15H2,1H3/b23-13+. The summed E-state index contributed by atoms with van der Waals surface area (Å²) in [6.07, 6.45) is 2.51. The first-order chi connectivity index (χ1) is 15.5. The fourth-order valence-corrected chi connectivity index (χ4v) is 4.19. The molecule has 0 radical (unpaired) electrons. The lowest BCUT2D eigenvalue weighted by atomic mass is 9.98. The highest BCUT2D eigenvalue weighted by molar-refractivity contribution is 6.30. The smallest absolute Gasteiger partial charge is 0.232 e. The molecular weight excluding hydrogens is 429 g/mol. The number of carbonyl (C=O) groups excluding carboxylic acids is 1. The number of hydrogen-bond acceptors (Lipinski definition) is 4. The number of allylic oxidation sites excluding steroid dienone is 1. The van der Waals surface area contributed by atoms with Gasteiger partial charge < -0.3 is 9.47 Å². The monoisotopic (exact) mass is 449 g/mol. The zero-order valence-electron chi connectivity index (χ0n) is 17.5. The largest absolute Gasteiger partial charge is 0.478 e. The number of benzene rings is 3. The zero-order chi connectivity index (χ0) is 22.2. The minimum atomic E-state index is -0.237. The fourth-order valence-electron chi connectivity index (χ4n) is 4.07. The van der Waals surface area contributed by atoms with Crippen LogP contribution in [0.2, 0.25) is 5.02 Å². The van der Waals surface area contributed by atoms with Crippen LogP contribution in [0.15, 0.2) is 60.4 Å². The van der Waals surface area contributed by atoms with Gasteiger partial charge in [0.15, 0.2) is 5.76 Å². The molecule has 162 valence electrons. The van der Waals surface area contributed by atoms with Gasteiger partial charge in [-0.2, -0.15) is 0 Å². The van der Waals surface area contributed by atoms with E-state index in [0.717, 1.165) is 41.0 Å². The number of fused-ring (bicyclic) bond motifs is 3. The van der Waals surface area contributed by atoms with Gasteiger partial charge in [0.2, 0.25) is 5.78 Å². The van der Waals surface area contributed by atoms with Crippen LogP contribution in [-0.4, -0.2) is 24.0 Å². The van der Waals surface area contributed by atoms with Crippen LogP contribution in [0.5, 0.6) is 11.5 Å². The van der Waals surface area contributed by atoms with Crippen molar-refractivity contribution in [2.45, 2.75) is 19.9 Å². The number of hydrogen-bond donors (Lipinski definition) is 0. The number of halogens is 2. The van der Waals surface area contributed by atoms with Gasteiger partial charge in [-0.3, -0.25) is 9.69 Å². The number of carbonyl (C=O) groups is 1. The summed E-state index contributed by atoms with van der Waals surface area (Å²) in [5, 5.41) is 0.636. The molecule has 0 atom stereocenters. The van der Waals surface area contributed by atoms with Crippen LogP contribution in [0.3, 0.4) is 0 Å². The van der Waals surface area contributed by atoms with Crippen molar-refractivity contribution >= 4 is 23.5 Å². The third-order valence-corrected chi connectivity index (χ3v) is 6.04. The molecule has 0 aromatic heterocycles. The van der Waals surface area contributed by atoms with Crippen LogP contribution in [0.1, 0.15) is 32.6 Å². The second kappa shape index (κ2) is 8.41. The Kier molecular flexibility index (Phi) is 5.45. The molecular formula is C26H21ClFNO3. The second-order valence-corrected chi connectivity index (χ2v) is 8.50. The maximum atomic E-state index is 13.1. The lowest BCUT2D eigenvalue weighted by Crippen LogP contribution is -2.33. The molecule has 0 bridgehead atoms. The minimum Gasteiger partial charge on any atom is -0.478 e. The summed E-state index contributed by atoms with van der Waals surface area (Å²) in [4.78, 5) is 15.2. The third-order valence-electron chi connectivity index (χ3n) is 5.79. The van der Waals surface area contributed by atoms with Gasteiger partial charge in [-0.1, -0.05) is 35.9 Å². The maximum Gasteiger partial charge on any atom is 0.232 e. The predicted molar refractivity (Wildman–Crippen MR) is 122 cm³/mol. The van der Waals surface area contributed by atoms with Crippen LogP contribution in [0.25, 0.3) is 6.08 Å². The van der Waals surface area contributed by atoms with E-state index in [0.29, 0.717) is 35.4 Å². The quantitative estimate of drug-likeness (QED) is 0.472. The Morgan fingerprint density at radius 3 is 2.62 bits per heavy atom. The van der Waals surface area contributed by atoms with Gasteiger partial charge in [0.25, 0.3) is 0 Å². The van der Waals surface area contributed by atoms with Crippen molar-refractivity contribution in [1.82, 2.24) is 4.90 Å². The van der Waals surface area contributed by atoms with Crippen molar-refractivity contribution in [3.8, 4) is 11.5 Å². The average Bonchev–Trinajstić information content (AvgIpc) is 3.12. The Morgan fingerprint density at radius 2 is 1.88 bits per heavy atom. The Hall–Kier alpha value is -3.15. The Bertz CT molecular complexity index is 1220. The summed E-state index contributed by atoms with van der Waals surface area (Å²) in [6, 6.07) is 15.7. The first-order valence-corrected chi connectivity index (χ1v) is 10.8. The Morgan fingerprint density at radius 1 is 1.12 bits per heavy atom. The molecule has 0 aliphatic carbocycles. The molecule has 3 aromatic rings. The van der Waals surface area contributed by atoms with Crippen molar-refractivity contribution < 1.29 is 18.7 Å². The van der Waals surface area contributed by atoms with E-state index in [1.165, 1.54) is 12.1 Å². The van der Waals surface area contributed by atoms with Gasteiger partial charge in [0, 0.05) is 18.1 Å². The lowest BCUT2D eigenvalue weighted by Gasteiger charge is -2.30. The summed E-state index contributed by atoms with van der Waals surface area (Å²) in [6.45, 7) is 3.71. The van der Waals surface area contributed by atoms with Gasteiger partial charge in [-0.15, -0.1) is 0 Å². The number of ketones is 1. The molecule has 0 N–H and O–H groups in total. The van der Waals surface area contributed by atoms with E-state index >= 15 is 0 Å². The van der Waals surface area contributed by atoms with Gasteiger partial charge >= 0.3 is 0 Å². The van der Waals surface area contributed by atoms with E-state index in [2.05, 4.69) is 4.90 Å². The minimum absolute atomic E-state index is 0.126. The maximum absolute atomic E-state index is 13.1. The highest BCUT2D eigenvalue weighted by Crippen LogP contribution is 2.44. The molecule has 0 saturated heterocycles. The van der Waals surface area contributed by atoms with E-state index in [1.54, 1.807) is 30.3 Å². The second-order valence-electron chi connectivity index (χ2n) is 8.07. The molecule has 3 aromatic carbocycles. The van der Waals surface area contributed by atoms with Gasteiger partial charge in [-0.25, -0.2) is 4.39 Å².